The number of amides is 2. The van der Waals surface area contributed by atoms with Crippen molar-refractivity contribution in [3.05, 3.63) is 47.9 Å². The molecule has 1 N–H and O–H groups in total. The summed E-state index contributed by atoms with van der Waals surface area (Å²) in [6, 6.07) is 11.9. The monoisotopic (exact) mass is 395 g/mol. The zero-order valence-corrected chi connectivity index (χ0v) is 16.7. The van der Waals surface area contributed by atoms with E-state index in [0.717, 1.165) is 16.6 Å². The Morgan fingerprint density at radius 1 is 1.07 bits per heavy atom. The fourth-order valence-electron chi connectivity index (χ4n) is 3.76. The number of anilines is 1. The predicted octanol–water partition coefficient (Wildman–Crippen LogP) is 2.03. The van der Waals surface area contributed by atoms with Gasteiger partial charge in [0.15, 0.2) is 5.82 Å². The van der Waals surface area contributed by atoms with Gasteiger partial charge in [0.05, 0.1) is 6.54 Å². The van der Waals surface area contributed by atoms with E-state index in [1.165, 1.54) is 0 Å². The van der Waals surface area contributed by atoms with Crippen LogP contribution in [0.5, 0.6) is 0 Å². The molecule has 2 amide bonds. The van der Waals surface area contributed by atoms with E-state index in [4.69, 9.17) is 4.52 Å². The molecule has 29 heavy (non-hydrogen) atoms. The third-order valence-corrected chi connectivity index (χ3v) is 5.30. The first kappa shape index (κ1) is 19.2. The van der Waals surface area contributed by atoms with Gasteiger partial charge in [0, 0.05) is 43.5 Å². The molecule has 1 aromatic carbocycles. The first-order chi connectivity index (χ1) is 14.0. The molecule has 8 heteroatoms. The number of aromatic nitrogens is 2. The second-order valence-electron chi connectivity index (χ2n) is 7.46. The summed E-state index contributed by atoms with van der Waals surface area (Å²) >= 11 is 0. The van der Waals surface area contributed by atoms with Crippen molar-refractivity contribution in [2.75, 3.05) is 38.0 Å². The number of carbonyl (C=O) groups is 2. The van der Waals surface area contributed by atoms with Crippen LogP contribution in [0.1, 0.15) is 11.5 Å². The van der Waals surface area contributed by atoms with E-state index in [-0.39, 0.29) is 18.4 Å². The largest absolute Gasteiger partial charge is 0.360 e. The zero-order valence-electron chi connectivity index (χ0n) is 16.7. The molecule has 152 valence electrons. The number of piperazine rings is 1. The second-order valence-corrected chi connectivity index (χ2v) is 7.46. The molecule has 1 saturated heterocycles. The molecule has 0 atom stereocenters. The van der Waals surface area contributed by atoms with Gasteiger partial charge < -0.3 is 19.3 Å². The molecule has 2 aromatic heterocycles. The highest BCUT2D eigenvalue weighted by Crippen LogP contribution is 2.19. The molecule has 3 aromatic rings. The molecule has 1 aliphatic heterocycles. The number of nitrogens with one attached hydrogen (secondary N) is 1. The Labute approximate surface area is 169 Å². The number of benzene rings is 1. The molecule has 1 aliphatic rings. The van der Waals surface area contributed by atoms with Crippen molar-refractivity contribution in [2.45, 2.75) is 20.4 Å². The Balaban J connectivity index is 1.29. The van der Waals surface area contributed by atoms with E-state index in [9.17, 15) is 9.59 Å². The topological polar surface area (TPSA) is 83.6 Å². The fraction of sp³-hybridized carbons (Fsp3) is 0.381. The van der Waals surface area contributed by atoms with Crippen LogP contribution >= 0.6 is 0 Å². The van der Waals surface area contributed by atoms with Crippen molar-refractivity contribution in [1.29, 1.82) is 0 Å². The van der Waals surface area contributed by atoms with Crippen LogP contribution in [-0.2, 0) is 16.1 Å². The smallest absolute Gasteiger partial charge is 0.242 e. The quantitative estimate of drug-likeness (QED) is 0.715. The van der Waals surface area contributed by atoms with Gasteiger partial charge >= 0.3 is 0 Å². The molecule has 4 rings (SSSR count). The van der Waals surface area contributed by atoms with Gasteiger partial charge in [0.2, 0.25) is 11.8 Å². The highest BCUT2D eigenvalue weighted by atomic mass is 16.5. The van der Waals surface area contributed by atoms with Crippen molar-refractivity contribution in [3.63, 3.8) is 0 Å². The minimum absolute atomic E-state index is 0.108. The van der Waals surface area contributed by atoms with Crippen LogP contribution in [-0.4, -0.2) is 64.1 Å². The van der Waals surface area contributed by atoms with Crippen molar-refractivity contribution in [2.24, 2.45) is 0 Å². The predicted molar refractivity (Wildman–Crippen MR) is 110 cm³/mol. The number of rotatable bonds is 5. The first-order valence-corrected chi connectivity index (χ1v) is 9.78. The summed E-state index contributed by atoms with van der Waals surface area (Å²) in [4.78, 5) is 28.9. The molecule has 0 unspecified atom stereocenters. The fourth-order valence-corrected chi connectivity index (χ4v) is 3.76. The first-order valence-electron chi connectivity index (χ1n) is 9.78. The van der Waals surface area contributed by atoms with Crippen LogP contribution in [0.25, 0.3) is 10.9 Å². The molecule has 8 nitrogen and oxygen atoms in total. The van der Waals surface area contributed by atoms with Crippen molar-refractivity contribution >= 4 is 28.5 Å². The van der Waals surface area contributed by atoms with Gasteiger partial charge in [-0.15, -0.1) is 0 Å². The van der Waals surface area contributed by atoms with Crippen LogP contribution in [0.3, 0.4) is 0 Å². The summed E-state index contributed by atoms with van der Waals surface area (Å²) in [6.07, 6.45) is 0. The average Bonchev–Trinajstić information content (AvgIpc) is 3.25. The molecule has 3 heterocycles. The lowest BCUT2D eigenvalue weighted by atomic mass is 10.2. The summed E-state index contributed by atoms with van der Waals surface area (Å²) in [5.74, 6) is 1.05. The van der Waals surface area contributed by atoms with Gasteiger partial charge in [0.1, 0.15) is 12.3 Å². The summed E-state index contributed by atoms with van der Waals surface area (Å²) < 4.78 is 7.02. The van der Waals surface area contributed by atoms with Gasteiger partial charge in [-0.25, -0.2) is 0 Å². The Morgan fingerprint density at radius 2 is 1.83 bits per heavy atom. The maximum absolute atomic E-state index is 12.8. The van der Waals surface area contributed by atoms with Crippen LogP contribution in [0.4, 0.5) is 5.82 Å². The van der Waals surface area contributed by atoms with E-state index < -0.39 is 0 Å². The standard InChI is InChI=1S/C21H25N5O3/c1-15-11-17-5-3-4-6-18(17)26(15)14-21(28)25-9-7-24(8-10-25)13-20(27)22-19-12-16(2)29-23-19/h3-6,11-12H,7-10,13-14H2,1-2H3,(H,22,23,27). The Bertz CT molecular complexity index is 1030. The Hall–Kier alpha value is -3.13. The van der Waals surface area contributed by atoms with Crippen LogP contribution in [0.15, 0.2) is 40.9 Å². The van der Waals surface area contributed by atoms with Gasteiger partial charge in [-0.1, -0.05) is 23.4 Å². The van der Waals surface area contributed by atoms with Crippen LogP contribution < -0.4 is 5.32 Å². The number of carbonyl (C=O) groups excluding carboxylic acids is 2. The number of nitrogens with zero attached hydrogens (tertiary/aromatic N) is 4. The lowest BCUT2D eigenvalue weighted by Crippen LogP contribution is -2.51. The normalized spacial score (nSPS) is 15.0. The maximum Gasteiger partial charge on any atom is 0.242 e. The summed E-state index contributed by atoms with van der Waals surface area (Å²) in [7, 11) is 0. The van der Waals surface area contributed by atoms with E-state index in [2.05, 4.69) is 27.2 Å². The third kappa shape index (κ3) is 4.32. The minimum atomic E-state index is -0.132. The van der Waals surface area contributed by atoms with Gasteiger partial charge in [-0.2, -0.15) is 0 Å². The minimum Gasteiger partial charge on any atom is -0.360 e. The van der Waals surface area contributed by atoms with E-state index in [1.54, 1.807) is 13.0 Å². The van der Waals surface area contributed by atoms with Crippen molar-refractivity contribution < 1.29 is 14.1 Å². The SMILES string of the molecule is Cc1cc(NC(=O)CN2CCN(C(=O)Cn3c(C)cc4ccccc43)CC2)no1. The number of hydrogen-bond acceptors (Lipinski definition) is 5. The number of aryl methyl sites for hydroxylation is 2. The number of fused-ring (bicyclic) bond motifs is 1. The molecule has 0 bridgehead atoms. The van der Waals surface area contributed by atoms with Gasteiger partial charge in [-0.05, 0) is 31.4 Å². The molecule has 1 fully saturated rings. The van der Waals surface area contributed by atoms with E-state index >= 15 is 0 Å². The lowest BCUT2D eigenvalue weighted by molar-refractivity contribution is -0.133. The Morgan fingerprint density at radius 3 is 2.55 bits per heavy atom. The average molecular weight is 395 g/mol. The second kappa shape index (κ2) is 8.08. The third-order valence-electron chi connectivity index (χ3n) is 5.30. The van der Waals surface area contributed by atoms with E-state index in [0.29, 0.717) is 44.3 Å². The van der Waals surface area contributed by atoms with Gasteiger partial charge in [0.25, 0.3) is 0 Å². The molecule has 0 radical (unpaired) electrons. The number of hydrogen-bond donors (Lipinski definition) is 1. The zero-order chi connectivity index (χ0) is 20.4. The number of para-hydroxylation sites is 1. The lowest BCUT2D eigenvalue weighted by Gasteiger charge is -2.34. The summed E-state index contributed by atoms with van der Waals surface area (Å²) in [5.41, 5.74) is 2.16. The van der Waals surface area contributed by atoms with Crippen molar-refractivity contribution in [3.8, 4) is 0 Å². The molecular weight excluding hydrogens is 370 g/mol. The molecule has 0 spiro atoms. The Kier molecular flexibility index (Phi) is 5.35. The highest BCUT2D eigenvalue weighted by Gasteiger charge is 2.23. The van der Waals surface area contributed by atoms with Gasteiger partial charge in [-0.3, -0.25) is 14.5 Å². The van der Waals surface area contributed by atoms with Crippen molar-refractivity contribution in [1.82, 2.24) is 19.5 Å². The van der Waals surface area contributed by atoms with Crippen LogP contribution in [0.2, 0.25) is 0 Å². The highest BCUT2D eigenvalue weighted by molar-refractivity contribution is 5.91. The van der Waals surface area contributed by atoms with E-state index in [1.807, 2.05) is 34.9 Å². The summed E-state index contributed by atoms with van der Waals surface area (Å²) in [6.45, 7) is 6.99. The maximum atomic E-state index is 12.8. The van der Waals surface area contributed by atoms with Crippen LogP contribution in [0, 0.1) is 13.8 Å². The molecular formula is C21H25N5O3. The summed E-state index contributed by atoms with van der Waals surface area (Å²) in [5, 5.41) is 7.64. The molecule has 0 saturated carbocycles. The molecule has 0 aliphatic carbocycles.